The average molecular weight is 285 g/mol. The van der Waals surface area contributed by atoms with Crippen LogP contribution in [-0.2, 0) is 0 Å². The second-order valence-corrected chi connectivity index (χ2v) is 7.51. The zero-order valence-electron chi connectivity index (χ0n) is 12.9. The van der Waals surface area contributed by atoms with E-state index >= 15 is 0 Å². The highest BCUT2D eigenvalue weighted by atomic mass is 32.1. The predicted octanol–water partition coefficient (Wildman–Crippen LogP) is 3.14. The monoisotopic (exact) mass is 284 g/mol. The highest BCUT2D eigenvalue weighted by molar-refractivity contribution is 7.80. The summed E-state index contributed by atoms with van der Waals surface area (Å²) >= 11 is 4.67. The van der Waals surface area contributed by atoms with Crippen molar-refractivity contribution in [2.75, 3.05) is 45.0 Å². The number of hydrogen-bond acceptors (Lipinski definition) is 3. The molecule has 0 spiro atoms. The molecule has 2 fully saturated rings. The van der Waals surface area contributed by atoms with E-state index in [1.54, 1.807) is 0 Å². The number of piperazine rings is 1. The lowest BCUT2D eigenvalue weighted by molar-refractivity contribution is 0.0706. The van der Waals surface area contributed by atoms with Gasteiger partial charge in [-0.2, -0.15) is 12.6 Å². The summed E-state index contributed by atoms with van der Waals surface area (Å²) in [6.45, 7) is 12.3. The number of rotatable bonds is 5. The van der Waals surface area contributed by atoms with Crippen LogP contribution in [0.3, 0.4) is 0 Å². The van der Waals surface area contributed by atoms with Crippen molar-refractivity contribution >= 4 is 12.6 Å². The van der Waals surface area contributed by atoms with Gasteiger partial charge >= 0.3 is 0 Å². The van der Waals surface area contributed by atoms with Gasteiger partial charge in [0.15, 0.2) is 0 Å². The van der Waals surface area contributed by atoms with Crippen molar-refractivity contribution in [2.45, 2.75) is 46.0 Å². The van der Waals surface area contributed by atoms with Gasteiger partial charge in [0.1, 0.15) is 0 Å². The molecule has 112 valence electrons. The molecule has 1 saturated carbocycles. The third-order valence-electron chi connectivity index (χ3n) is 4.90. The van der Waals surface area contributed by atoms with Crippen molar-refractivity contribution in [3.05, 3.63) is 0 Å². The highest BCUT2D eigenvalue weighted by Crippen LogP contribution is 2.38. The van der Waals surface area contributed by atoms with Gasteiger partial charge in [-0.15, -0.1) is 0 Å². The zero-order valence-corrected chi connectivity index (χ0v) is 13.8. The predicted molar refractivity (Wildman–Crippen MR) is 87.1 cm³/mol. The van der Waals surface area contributed by atoms with Gasteiger partial charge in [-0.05, 0) is 29.9 Å². The first kappa shape index (κ1) is 15.7. The minimum atomic E-state index is 0.529. The number of thiol groups is 1. The molecule has 0 bridgehead atoms. The average Bonchev–Trinajstić information content (AvgIpc) is 2.41. The van der Waals surface area contributed by atoms with E-state index < -0.39 is 0 Å². The molecule has 1 aliphatic heterocycles. The summed E-state index contributed by atoms with van der Waals surface area (Å²) in [5.74, 6) is 1.88. The van der Waals surface area contributed by atoms with Gasteiger partial charge in [0.25, 0.3) is 0 Å². The highest BCUT2D eigenvalue weighted by Gasteiger charge is 2.33. The van der Waals surface area contributed by atoms with Crippen LogP contribution in [0.25, 0.3) is 0 Å². The van der Waals surface area contributed by atoms with E-state index in [-0.39, 0.29) is 0 Å². The Bertz CT molecular complexity index is 253. The lowest BCUT2D eigenvalue weighted by Gasteiger charge is -2.43. The van der Waals surface area contributed by atoms with Crippen molar-refractivity contribution in [2.24, 2.45) is 11.3 Å². The Hall–Kier alpha value is 0.270. The van der Waals surface area contributed by atoms with Crippen LogP contribution in [0, 0.1) is 11.3 Å². The molecule has 3 heteroatoms. The molecule has 0 unspecified atom stereocenters. The lowest BCUT2D eigenvalue weighted by Crippen LogP contribution is -2.51. The van der Waals surface area contributed by atoms with Gasteiger partial charge in [0, 0.05) is 39.3 Å². The van der Waals surface area contributed by atoms with E-state index in [1.165, 1.54) is 71.4 Å². The van der Waals surface area contributed by atoms with Crippen molar-refractivity contribution in [1.29, 1.82) is 0 Å². The normalized spacial score (nSPS) is 25.9. The molecule has 0 amide bonds. The van der Waals surface area contributed by atoms with Crippen LogP contribution < -0.4 is 0 Å². The lowest BCUT2D eigenvalue weighted by atomic mass is 9.75. The SMILES string of the molecule is CC(C)CN1CCN(CC2(CS)CCCCC2)CC1. The molecular formula is C16H32N2S. The third-order valence-corrected chi connectivity index (χ3v) is 5.57. The maximum atomic E-state index is 4.67. The van der Waals surface area contributed by atoms with Crippen LogP contribution in [0.5, 0.6) is 0 Å². The van der Waals surface area contributed by atoms with Gasteiger partial charge in [-0.25, -0.2) is 0 Å². The van der Waals surface area contributed by atoms with Gasteiger partial charge < -0.3 is 9.80 Å². The molecule has 2 rings (SSSR count). The Morgan fingerprint density at radius 3 is 2.05 bits per heavy atom. The zero-order chi connectivity index (χ0) is 13.7. The summed E-state index contributed by atoms with van der Waals surface area (Å²) in [5, 5.41) is 0. The maximum Gasteiger partial charge on any atom is 0.0110 e. The topological polar surface area (TPSA) is 6.48 Å². The van der Waals surface area contributed by atoms with Crippen LogP contribution in [0.15, 0.2) is 0 Å². The quantitative estimate of drug-likeness (QED) is 0.775. The van der Waals surface area contributed by atoms with Crippen LogP contribution in [0.2, 0.25) is 0 Å². The molecule has 19 heavy (non-hydrogen) atoms. The molecule has 0 aromatic rings. The third kappa shape index (κ3) is 4.64. The summed E-state index contributed by atoms with van der Waals surface area (Å²) in [6.07, 6.45) is 7.10. The molecule has 0 radical (unpaired) electrons. The Morgan fingerprint density at radius 2 is 1.53 bits per heavy atom. The second kappa shape index (κ2) is 7.33. The van der Waals surface area contributed by atoms with Gasteiger partial charge in [0.2, 0.25) is 0 Å². The summed E-state index contributed by atoms with van der Waals surface area (Å²) in [6, 6.07) is 0. The van der Waals surface area contributed by atoms with Gasteiger partial charge in [0.05, 0.1) is 0 Å². The molecule has 0 aromatic carbocycles. The molecule has 2 aliphatic rings. The standard InChI is InChI=1S/C16H32N2S/c1-15(2)12-17-8-10-18(11-9-17)13-16(14-19)6-4-3-5-7-16/h15,19H,3-14H2,1-2H3. The minimum Gasteiger partial charge on any atom is -0.301 e. The van der Waals surface area contributed by atoms with Crippen LogP contribution >= 0.6 is 12.6 Å². The minimum absolute atomic E-state index is 0.529. The Labute approximate surface area is 125 Å². The molecule has 1 saturated heterocycles. The molecule has 2 nitrogen and oxygen atoms in total. The Balaban J connectivity index is 1.77. The van der Waals surface area contributed by atoms with Crippen LogP contribution in [0.1, 0.15) is 46.0 Å². The van der Waals surface area contributed by atoms with E-state index in [2.05, 4.69) is 36.3 Å². The molecule has 0 atom stereocenters. The first-order chi connectivity index (χ1) is 9.13. The molecule has 1 heterocycles. The molecule has 0 aromatic heterocycles. The summed E-state index contributed by atoms with van der Waals surface area (Å²) < 4.78 is 0. The fourth-order valence-corrected chi connectivity index (χ4v) is 4.20. The van der Waals surface area contributed by atoms with Gasteiger partial charge in [-0.3, -0.25) is 0 Å². The molecular weight excluding hydrogens is 252 g/mol. The fourth-order valence-electron chi connectivity index (χ4n) is 3.79. The van der Waals surface area contributed by atoms with Crippen molar-refractivity contribution in [1.82, 2.24) is 9.80 Å². The molecule has 1 aliphatic carbocycles. The fraction of sp³-hybridized carbons (Fsp3) is 1.00. The van der Waals surface area contributed by atoms with E-state index in [0.717, 1.165) is 11.7 Å². The second-order valence-electron chi connectivity index (χ2n) is 7.19. The van der Waals surface area contributed by atoms with Gasteiger partial charge in [-0.1, -0.05) is 33.1 Å². The summed E-state index contributed by atoms with van der Waals surface area (Å²) in [7, 11) is 0. The van der Waals surface area contributed by atoms with Crippen molar-refractivity contribution < 1.29 is 0 Å². The van der Waals surface area contributed by atoms with E-state index in [1.807, 2.05) is 0 Å². The summed E-state index contributed by atoms with van der Waals surface area (Å²) in [4.78, 5) is 5.34. The van der Waals surface area contributed by atoms with Crippen molar-refractivity contribution in [3.8, 4) is 0 Å². The maximum absolute atomic E-state index is 4.67. The van der Waals surface area contributed by atoms with E-state index in [9.17, 15) is 0 Å². The summed E-state index contributed by atoms with van der Waals surface area (Å²) in [5.41, 5.74) is 0.529. The first-order valence-electron chi connectivity index (χ1n) is 8.19. The van der Waals surface area contributed by atoms with Crippen LogP contribution in [0.4, 0.5) is 0 Å². The Morgan fingerprint density at radius 1 is 0.947 bits per heavy atom. The number of nitrogens with zero attached hydrogens (tertiary/aromatic N) is 2. The van der Waals surface area contributed by atoms with E-state index in [4.69, 9.17) is 0 Å². The van der Waals surface area contributed by atoms with E-state index in [0.29, 0.717) is 5.41 Å². The number of hydrogen-bond donors (Lipinski definition) is 1. The first-order valence-corrected chi connectivity index (χ1v) is 8.82. The Kier molecular flexibility index (Phi) is 6.04. The smallest absolute Gasteiger partial charge is 0.0110 e. The largest absolute Gasteiger partial charge is 0.301 e. The van der Waals surface area contributed by atoms with Crippen molar-refractivity contribution in [3.63, 3.8) is 0 Å². The van der Waals surface area contributed by atoms with Crippen LogP contribution in [-0.4, -0.2) is 54.8 Å². The molecule has 0 N–H and O–H groups in total.